The zero-order valence-corrected chi connectivity index (χ0v) is 12.7. The van der Waals surface area contributed by atoms with Crippen molar-refractivity contribution < 1.29 is 18.0 Å². The molecule has 0 aliphatic carbocycles. The Morgan fingerprint density at radius 2 is 2.00 bits per heavy atom. The van der Waals surface area contributed by atoms with Crippen LogP contribution < -0.4 is 0 Å². The van der Waals surface area contributed by atoms with Crippen molar-refractivity contribution in [2.75, 3.05) is 13.1 Å². The Bertz CT molecular complexity index is 458. The van der Waals surface area contributed by atoms with Gasteiger partial charge in [-0.1, -0.05) is 0 Å². The van der Waals surface area contributed by atoms with Crippen LogP contribution in [0.3, 0.4) is 0 Å². The molecule has 0 atom stereocenters. The average molecular weight is 356 g/mol. The summed E-state index contributed by atoms with van der Waals surface area (Å²) in [6.07, 6.45) is -4.14. The Kier molecular flexibility index (Phi) is 4.25. The van der Waals surface area contributed by atoms with Crippen LogP contribution in [0.25, 0.3) is 0 Å². The van der Waals surface area contributed by atoms with E-state index in [1.165, 1.54) is 16.2 Å². The Balaban J connectivity index is 2.00. The van der Waals surface area contributed by atoms with Gasteiger partial charge in [0.25, 0.3) is 5.91 Å². The number of hydrogen-bond donors (Lipinski definition) is 0. The van der Waals surface area contributed by atoms with E-state index in [0.717, 1.165) is 9.35 Å². The summed E-state index contributed by atoms with van der Waals surface area (Å²) in [5.41, 5.74) is 0.971. The third-order valence-corrected chi connectivity index (χ3v) is 5.44. The van der Waals surface area contributed by atoms with E-state index >= 15 is 0 Å². The van der Waals surface area contributed by atoms with Crippen molar-refractivity contribution in [3.05, 3.63) is 20.3 Å². The summed E-state index contributed by atoms with van der Waals surface area (Å²) in [6.45, 7) is 2.24. The van der Waals surface area contributed by atoms with Crippen molar-refractivity contribution in [1.29, 1.82) is 0 Å². The highest BCUT2D eigenvalue weighted by Gasteiger charge is 2.41. The van der Waals surface area contributed by atoms with Crippen molar-refractivity contribution >= 4 is 33.2 Å². The lowest BCUT2D eigenvalue weighted by Gasteiger charge is -2.32. The van der Waals surface area contributed by atoms with E-state index in [-0.39, 0.29) is 31.8 Å². The number of carbonyl (C=O) groups is 1. The first kappa shape index (κ1) is 14.8. The highest BCUT2D eigenvalue weighted by Crippen LogP contribution is 2.35. The zero-order chi connectivity index (χ0) is 14.2. The molecule has 7 heteroatoms. The number of hydrogen-bond acceptors (Lipinski definition) is 2. The van der Waals surface area contributed by atoms with E-state index in [1.807, 2.05) is 6.92 Å². The second-order valence-corrected chi connectivity index (χ2v) is 7.05. The van der Waals surface area contributed by atoms with Gasteiger partial charge in [-0.25, -0.2) is 0 Å². The standard InChI is InChI=1S/C12H13BrF3NOS/c1-7-6-9(19-10(7)13)11(18)17-4-2-8(3-5-17)12(14,15)16/h6,8H,2-5H2,1H3. The van der Waals surface area contributed by atoms with Gasteiger partial charge in [-0.05, 0) is 47.3 Å². The van der Waals surface area contributed by atoms with Crippen LogP contribution in [0.15, 0.2) is 9.85 Å². The SMILES string of the molecule is Cc1cc(C(=O)N2CCC(C(F)(F)F)CC2)sc1Br. The fourth-order valence-corrected chi connectivity index (χ4v) is 3.63. The third kappa shape index (κ3) is 3.31. The molecule has 19 heavy (non-hydrogen) atoms. The van der Waals surface area contributed by atoms with Gasteiger partial charge in [0.1, 0.15) is 0 Å². The molecule has 1 aromatic rings. The minimum absolute atomic E-state index is 0.000761. The topological polar surface area (TPSA) is 20.3 Å². The Morgan fingerprint density at radius 1 is 1.42 bits per heavy atom. The van der Waals surface area contributed by atoms with Gasteiger partial charge in [-0.3, -0.25) is 4.79 Å². The summed E-state index contributed by atoms with van der Waals surface area (Å²) in [5.74, 6) is -1.44. The van der Waals surface area contributed by atoms with Crippen molar-refractivity contribution in [1.82, 2.24) is 4.90 Å². The molecule has 0 radical (unpaired) electrons. The van der Waals surface area contributed by atoms with E-state index < -0.39 is 12.1 Å². The summed E-state index contributed by atoms with van der Waals surface area (Å²) in [7, 11) is 0. The fraction of sp³-hybridized carbons (Fsp3) is 0.583. The molecule has 2 nitrogen and oxygen atoms in total. The lowest BCUT2D eigenvalue weighted by atomic mass is 9.96. The van der Waals surface area contributed by atoms with Crippen LogP contribution in [-0.4, -0.2) is 30.1 Å². The number of amides is 1. The number of piperidine rings is 1. The summed E-state index contributed by atoms with van der Waals surface area (Å²) in [5, 5.41) is 0. The van der Waals surface area contributed by atoms with Gasteiger partial charge in [0.2, 0.25) is 0 Å². The summed E-state index contributed by atoms with van der Waals surface area (Å²) >= 11 is 4.67. The summed E-state index contributed by atoms with van der Waals surface area (Å²) in [6, 6.07) is 1.77. The lowest BCUT2D eigenvalue weighted by Crippen LogP contribution is -2.41. The normalized spacial score (nSPS) is 17.8. The number of likely N-dealkylation sites (tertiary alicyclic amines) is 1. The van der Waals surface area contributed by atoms with Gasteiger partial charge < -0.3 is 4.90 Å². The van der Waals surface area contributed by atoms with Gasteiger partial charge >= 0.3 is 6.18 Å². The smallest absolute Gasteiger partial charge is 0.338 e. The van der Waals surface area contributed by atoms with Crippen molar-refractivity contribution in [2.24, 2.45) is 5.92 Å². The van der Waals surface area contributed by atoms with Gasteiger partial charge in [-0.2, -0.15) is 13.2 Å². The van der Waals surface area contributed by atoms with Crippen LogP contribution in [0, 0.1) is 12.8 Å². The molecule has 1 amide bonds. The predicted octanol–water partition coefficient (Wildman–Crippen LogP) is 4.23. The maximum absolute atomic E-state index is 12.5. The molecule has 0 spiro atoms. The van der Waals surface area contributed by atoms with Crippen LogP contribution in [0.2, 0.25) is 0 Å². The van der Waals surface area contributed by atoms with Crippen LogP contribution in [0.1, 0.15) is 28.1 Å². The highest BCUT2D eigenvalue weighted by molar-refractivity contribution is 9.11. The second-order valence-electron chi connectivity index (χ2n) is 4.68. The van der Waals surface area contributed by atoms with Crippen molar-refractivity contribution in [2.45, 2.75) is 25.9 Å². The van der Waals surface area contributed by atoms with Gasteiger partial charge in [-0.15, -0.1) is 11.3 Å². The van der Waals surface area contributed by atoms with E-state index in [0.29, 0.717) is 4.88 Å². The predicted molar refractivity (Wildman–Crippen MR) is 71.4 cm³/mol. The maximum atomic E-state index is 12.5. The number of halogens is 4. The van der Waals surface area contributed by atoms with Crippen LogP contribution in [-0.2, 0) is 0 Å². The number of aryl methyl sites for hydroxylation is 1. The van der Waals surface area contributed by atoms with Crippen LogP contribution in [0.5, 0.6) is 0 Å². The molecule has 1 aliphatic heterocycles. The van der Waals surface area contributed by atoms with Gasteiger partial charge in [0.05, 0.1) is 14.6 Å². The molecule has 1 saturated heterocycles. The minimum atomic E-state index is -4.14. The lowest BCUT2D eigenvalue weighted by molar-refractivity contribution is -0.183. The summed E-state index contributed by atoms with van der Waals surface area (Å²) < 4.78 is 38.5. The van der Waals surface area contributed by atoms with E-state index in [9.17, 15) is 18.0 Å². The molecule has 1 fully saturated rings. The number of nitrogens with zero attached hydrogens (tertiary/aromatic N) is 1. The van der Waals surface area contributed by atoms with Gasteiger partial charge in [0.15, 0.2) is 0 Å². The molecular formula is C12H13BrF3NOS. The Hall–Kier alpha value is -0.560. The first-order chi connectivity index (χ1) is 8.79. The Morgan fingerprint density at radius 3 is 2.42 bits per heavy atom. The average Bonchev–Trinajstić information content (AvgIpc) is 2.68. The molecule has 1 aliphatic rings. The third-order valence-electron chi connectivity index (χ3n) is 3.31. The molecule has 0 N–H and O–H groups in total. The van der Waals surface area contributed by atoms with Crippen molar-refractivity contribution in [3.63, 3.8) is 0 Å². The molecule has 0 aromatic carbocycles. The molecule has 2 heterocycles. The molecule has 0 saturated carbocycles. The quantitative estimate of drug-likeness (QED) is 0.737. The number of rotatable bonds is 1. The molecule has 0 unspecified atom stereocenters. The Labute approximate surface area is 121 Å². The largest absolute Gasteiger partial charge is 0.391 e. The molecule has 0 bridgehead atoms. The number of thiophene rings is 1. The van der Waals surface area contributed by atoms with E-state index in [2.05, 4.69) is 15.9 Å². The number of carbonyl (C=O) groups excluding carboxylic acids is 1. The highest BCUT2D eigenvalue weighted by atomic mass is 79.9. The fourth-order valence-electron chi connectivity index (χ4n) is 2.13. The van der Waals surface area contributed by atoms with Crippen LogP contribution >= 0.6 is 27.3 Å². The summed E-state index contributed by atoms with van der Waals surface area (Å²) in [4.78, 5) is 14.2. The maximum Gasteiger partial charge on any atom is 0.391 e. The second kappa shape index (κ2) is 5.44. The van der Waals surface area contributed by atoms with E-state index in [4.69, 9.17) is 0 Å². The van der Waals surface area contributed by atoms with Crippen molar-refractivity contribution in [3.8, 4) is 0 Å². The first-order valence-electron chi connectivity index (χ1n) is 5.91. The number of alkyl halides is 3. The molecule has 106 valence electrons. The monoisotopic (exact) mass is 355 g/mol. The van der Waals surface area contributed by atoms with Crippen LogP contribution in [0.4, 0.5) is 13.2 Å². The first-order valence-corrected chi connectivity index (χ1v) is 7.52. The van der Waals surface area contributed by atoms with E-state index in [1.54, 1.807) is 6.07 Å². The molecule has 1 aromatic heterocycles. The minimum Gasteiger partial charge on any atom is -0.338 e. The zero-order valence-electron chi connectivity index (χ0n) is 10.3. The van der Waals surface area contributed by atoms with Gasteiger partial charge in [0, 0.05) is 13.1 Å². The molecular weight excluding hydrogens is 343 g/mol. The molecule has 2 rings (SSSR count).